The maximum atomic E-state index is 12.5. The fourth-order valence-corrected chi connectivity index (χ4v) is 2.70. The minimum absolute atomic E-state index is 0.298. The first kappa shape index (κ1) is 15.6. The molecular weight excluding hydrogens is 333 g/mol. The van der Waals surface area contributed by atoms with Crippen LogP contribution in [0.25, 0.3) is 11.3 Å². The summed E-state index contributed by atoms with van der Waals surface area (Å²) in [6, 6.07) is 14.2. The van der Waals surface area contributed by atoms with Crippen LogP contribution < -0.4 is 5.32 Å². The van der Waals surface area contributed by atoms with Gasteiger partial charge in [-0.1, -0.05) is 53.5 Å². The number of aryl methyl sites for hydroxylation is 1. The fraction of sp³-hybridized carbons (Fsp3) is 0.0588. The number of amides is 1. The molecule has 23 heavy (non-hydrogen) atoms. The van der Waals surface area contributed by atoms with Gasteiger partial charge in [0.05, 0.1) is 27.0 Å². The molecule has 116 valence electrons. The van der Waals surface area contributed by atoms with Crippen molar-refractivity contribution in [2.75, 3.05) is 5.32 Å². The van der Waals surface area contributed by atoms with E-state index >= 15 is 0 Å². The molecule has 2 aromatic carbocycles. The van der Waals surface area contributed by atoms with Gasteiger partial charge in [-0.15, -0.1) is 0 Å². The lowest BCUT2D eigenvalue weighted by atomic mass is 10.1. The van der Waals surface area contributed by atoms with Gasteiger partial charge >= 0.3 is 0 Å². The number of rotatable bonds is 3. The molecule has 3 aromatic rings. The van der Waals surface area contributed by atoms with Crippen molar-refractivity contribution in [2.24, 2.45) is 0 Å². The van der Waals surface area contributed by atoms with Crippen LogP contribution in [0.15, 0.2) is 48.5 Å². The number of H-pyrrole nitrogens is 1. The van der Waals surface area contributed by atoms with Gasteiger partial charge in [0.25, 0.3) is 5.91 Å². The summed E-state index contributed by atoms with van der Waals surface area (Å²) in [4.78, 5) is 12.5. The van der Waals surface area contributed by atoms with Crippen molar-refractivity contribution in [3.8, 4) is 11.3 Å². The lowest BCUT2D eigenvalue weighted by Crippen LogP contribution is -2.13. The topological polar surface area (TPSA) is 57.8 Å². The van der Waals surface area contributed by atoms with Crippen LogP contribution in [0.1, 0.15) is 16.1 Å². The monoisotopic (exact) mass is 345 g/mol. The van der Waals surface area contributed by atoms with Gasteiger partial charge in [-0.3, -0.25) is 9.89 Å². The highest BCUT2D eigenvalue weighted by Crippen LogP contribution is 2.33. The zero-order valence-corrected chi connectivity index (χ0v) is 13.7. The summed E-state index contributed by atoms with van der Waals surface area (Å²) < 4.78 is 0. The summed E-state index contributed by atoms with van der Waals surface area (Å²) in [5, 5.41) is 11.0. The Morgan fingerprint density at radius 1 is 1.04 bits per heavy atom. The van der Waals surface area contributed by atoms with Gasteiger partial charge in [0.1, 0.15) is 5.69 Å². The number of aromatic nitrogens is 2. The largest absolute Gasteiger partial charge is 0.318 e. The molecule has 0 saturated heterocycles. The van der Waals surface area contributed by atoms with Crippen LogP contribution in [0.5, 0.6) is 0 Å². The van der Waals surface area contributed by atoms with Crippen LogP contribution in [0.3, 0.4) is 0 Å². The lowest BCUT2D eigenvalue weighted by Gasteiger charge is -2.09. The number of carbonyl (C=O) groups excluding carboxylic acids is 1. The van der Waals surface area contributed by atoms with Crippen LogP contribution in [0.4, 0.5) is 5.69 Å². The summed E-state index contributed by atoms with van der Waals surface area (Å²) >= 11 is 12.3. The summed E-state index contributed by atoms with van der Waals surface area (Å²) in [5.74, 6) is -0.298. The molecule has 0 bridgehead atoms. The van der Waals surface area contributed by atoms with E-state index in [1.807, 2.05) is 25.1 Å². The fourth-order valence-electron chi connectivity index (χ4n) is 2.26. The standard InChI is InChI=1S/C17H13Cl2N3O/c1-10-15(20-17(23)12-7-3-5-9-14(12)19)16(22-21-10)11-6-2-4-8-13(11)18/h2-9H,1H3,(H,20,23)(H,21,22). The van der Waals surface area contributed by atoms with Crippen molar-refractivity contribution >= 4 is 34.8 Å². The Morgan fingerprint density at radius 2 is 1.70 bits per heavy atom. The third kappa shape index (κ3) is 3.09. The number of aromatic amines is 1. The van der Waals surface area contributed by atoms with Crippen LogP contribution in [-0.4, -0.2) is 16.1 Å². The summed E-state index contributed by atoms with van der Waals surface area (Å²) in [7, 11) is 0. The number of nitrogens with zero attached hydrogens (tertiary/aromatic N) is 1. The van der Waals surface area contributed by atoms with Crippen LogP contribution in [-0.2, 0) is 0 Å². The Bertz CT molecular complexity index is 874. The maximum absolute atomic E-state index is 12.5. The number of anilines is 1. The van der Waals surface area contributed by atoms with Crippen molar-refractivity contribution in [3.63, 3.8) is 0 Å². The van der Waals surface area contributed by atoms with Gasteiger partial charge in [0, 0.05) is 5.56 Å². The molecule has 1 aromatic heterocycles. The Hall–Kier alpha value is -2.30. The Labute approximate surface area is 143 Å². The average Bonchev–Trinajstić information content (AvgIpc) is 2.89. The van der Waals surface area contributed by atoms with Crippen molar-refractivity contribution in [1.29, 1.82) is 0 Å². The highest BCUT2D eigenvalue weighted by molar-refractivity contribution is 6.35. The van der Waals surface area contributed by atoms with Crippen molar-refractivity contribution in [1.82, 2.24) is 10.2 Å². The number of benzene rings is 2. The molecule has 1 amide bonds. The van der Waals surface area contributed by atoms with Crippen LogP contribution in [0, 0.1) is 6.92 Å². The molecule has 3 rings (SSSR count). The SMILES string of the molecule is Cc1[nH]nc(-c2ccccc2Cl)c1NC(=O)c1ccccc1Cl. The Balaban J connectivity index is 1.99. The zero-order valence-electron chi connectivity index (χ0n) is 12.2. The van der Waals surface area contributed by atoms with Gasteiger partial charge in [-0.2, -0.15) is 5.10 Å². The van der Waals surface area contributed by atoms with Gasteiger partial charge < -0.3 is 5.32 Å². The van der Waals surface area contributed by atoms with Gasteiger partial charge in [-0.25, -0.2) is 0 Å². The molecule has 0 spiro atoms. The normalized spacial score (nSPS) is 10.6. The van der Waals surface area contributed by atoms with Crippen molar-refractivity contribution < 1.29 is 4.79 Å². The maximum Gasteiger partial charge on any atom is 0.257 e. The highest BCUT2D eigenvalue weighted by Gasteiger charge is 2.18. The third-order valence-corrected chi connectivity index (χ3v) is 4.09. The van der Waals surface area contributed by atoms with E-state index in [0.717, 1.165) is 11.3 Å². The molecule has 0 saturated carbocycles. The number of hydrogen-bond donors (Lipinski definition) is 2. The van der Waals surface area contributed by atoms with E-state index in [1.165, 1.54) is 0 Å². The van der Waals surface area contributed by atoms with E-state index in [-0.39, 0.29) is 5.91 Å². The smallest absolute Gasteiger partial charge is 0.257 e. The van der Waals surface area contributed by atoms with Gasteiger partial charge in [0.2, 0.25) is 0 Å². The van der Waals surface area contributed by atoms with E-state index < -0.39 is 0 Å². The minimum Gasteiger partial charge on any atom is -0.318 e. The Kier molecular flexibility index (Phi) is 4.37. The van der Waals surface area contributed by atoms with E-state index in [9.17, 15) is 4.79 Å². The van der Waals surface area contributed by atoms with E-state index in [1.54, 1.807) is 30.3 Å². The van der Waals surface area contributed by atoms with E-state index in [0.29, 0.717) is 27.0 Å². The summed E-state index contributed by atoms with van der Waals surface area (Å²) in [6.45, 7) is 1.83. The predicted molar refractivity (Wildman–Crippen MR) is 93.2 cm³/mol. The second-order valence-corrected chi connectivity index (χ2v) is 5.80. The van der Waals surface area contributed by atoms with Crippen molar-refractivity contribution in [3.05, 3.63) is 69.8 Å². The zero-order chi connectivity index (χ0) is 16.4. The molecular formula is C17H13Cl2N3O. The molecule has 1 heterocycles. The lowest BCUT2D eigenvalue weighted by molar-refractivity contribution is 0.102. The molecule has 0 aliphatic heterocycles. The Morgan fingerprint density at radius 3 is 2.39 bits per heavy atom. The predicted octanol–water partition coefficient (Wildman–Crippen LogP) is 4.94. The number of nitrogens with one attached hydrogen (secondary N) is 2. The average molecular weight is 346 g/mol. The van der Waals surface area contributed by atoms with Gasteiger partial charge in [0.15, 0.2) is 0 Å². The summed E-state index contributed by atoms with van der Waals surface area (Å²) in [5.41, 5.74) is 3.06. The first-order chi connectivity index (χ1) is 11.1. The van der Waals surface area contributed by atoms with Crippen LogP contribution >= 0.6 is 23.2 Å². The molecule has 0 radical (unpaired) electrons. The number of halogens is 2. The molecule has 6 heteroatoms. The minimum atomic E-state index is -0.298. The van der Waals surface area contributed by atoms with Crippen LogP contribution in [0.2, 0.25) is 10.0 Å². The molecule has 0 fully saturated rings. The molecule has 4 nitrogen and oxygen atoms in total. The van der Waals surface area contributed by atoms with Crippen molar-refractivity contribution in [2.45, 2.75) is 6.92 Å². The quantitative estimate of drug-likeness (QED) is 0.705. The molecule has 0 aliphatic carbocycles. The summed E-state index contributed by atoms with van der Waals surface area (Å²) in [6.07, 6.45) is 0. The first-order valence-corrected chi connectivity index (χ1v) is 7.69. The second-order valence-electron chi connectivity index (χ2n) is 4.99. The van der Waals surface area contributed by atoms with E-state index in [2.05, 4.69) is 15.5 Å². The molecule has 0 aliphatic rings. The third-order valence-electron chi connectivity index (χ3n) is 3.43. The number of carbonyl (C=O) groups is 1. The molecule has 2 N–H and O–H groups in total. The van der Waals surface area contributed by atoms with E-state index in [4.69, 9.17) is 23.2 Å². The highest BCUT2D eigenvalue weighted by atomic mass is 35.5. The first-order valence-electron chi connectivity index (χ1n) is 6.93. The second kappa shape index (κ2) is 6.44. The van der Waals surface area contributed by atoms with Gasteiger partial charge in [-0.05, 0) is 25.1 Å². The molecule has 0 atom stereocenters. The molecule has 0 unspecified atom stereocenters. The number of hydrogen-bond acceptors (Lipinski definition) is 2.